The Bertz CT molecular complexity index is 556. The highest BCUT2D eigenvalue weighted by atomic mass is 19.1. The minimum atomic E-state index is -0.679. The Hall–Kier alpha value is -1.49. The summed E-state index contributed by atoms with van der Waals surface area (Å²) in [6, 6.07) is 3.28. The minimum absolute atomic E-state index is 0.00545. The molecule has 1 aromatic carbocycles. The molecule has 1 unspecified atom stereocenters. The molecule has 0 radical (unpaired) electrons. The zero-order chi connectivity index (χ0) is 15.6. The number of hydrogen-bond acceptors (Lipinski definition) is 2. The van der Waals surface area contributed by atoms with Crippen LogP contribution in [0.2, 0.25) is 0 Å². The van der Waals surface area contributed by atoms with Gasteiger partial charge < -0.3 is 10.1 Å². The molecule has 22 heavy (non-hydrogen) atoms. The van der Waals surface area contributed by atoms with Crippen LogP contribution in [0.3, 0.4) is 0 Å². The van der Waals surface area contributed by atoms with Crippen LogP contribution in [0.1, 0.15) is 44.1 Å². The molecular weight excluding hydrogens is 288 g/mol. The number of carbonyl (C=O) groups is 1. The van der Waals surface area contributed by atoms with Gasteiger partial charge in [-0.05, 0) is 30.9 Å². The van der Waals surface area contributed by atoms with E-state index in [1.54, 1.807) is 0 Å². The smallest absolute Gasteiger partial charge is 0.224 e. The van der Waals surface area contributed by atoms with Gasteiger partial charge in [-0.1, -0.05) is 25.3 Å². The Morgan fingerprint density at radius 1 is 1.27 bits per heavy atom. The van der Waals surface area contributed by atoms with Crippen LogP contribution in [0, 0.1) is 11.6 Å². The Morgan fingerprint density at radius 3 is 2.77 bits per heavy atom. The largest absolute Gasteiger partial charge is 0.373 e. The summed E-state index contributed by atoms with van der Waals surface area (Å²) in [5.74, 6) is -1.56. The SMILES string of the molecule is O=C(Cc1ccc(F)cc1F)NC1COC2(CCCCC2)C1. The lowest BCUT2D eigenvalue weighted by Gasteiger charge is -2.32. The van der Waals surface area contributed by atoms with Gasteiger partial charge in [-0.15, -0.1) is 0 Å². The third-order valence-electron chi connectivity index (χ3n) is 4.71. The molecule has 3 rings (SSSR count). The first-order valence-electron chi connectivity index (χ1n) is 7.94. The second-order valence-electron chi connectivity index (χ2n) is 6.44. The van der Waals surface area contributed by atoms with Crippen molar-refractivity contribution in [2.45, 2.75) is 56.6 Å². The molecule has 1 aliphatic heterocycles. The predicted molar refractivity (Wildman–Crippen MR) is 78.4 cm³/mol. The second kappa shape index (κ2) is 6.32. The molecule has 3 nitrogen and oxygen atoms in total. The van der Waals surface area contributed by atoms with E-state index in [-0.39, 0.29) is 29.5 Å². The molecule has 1 amide bonds. The quantitative estimate of drug-likeness (QED) is 0.931. The van der Waals surface area contributed by atoms with E-state index in [4.69, 9.17) is 4.74 Å². The van der Waals surface area contributed by atoms with E-state index in [9.17, 15) is 13.6 Å². The monoisotopic (exact) mass is 309 g/mol. The molecule has 1 aromatic rings. The summed E-state index contributed by atoms with van der Waals surface area (Å²) in [5.41, 5.74) is 0.155. The van der Waals surface area contributed by atoms with E-state index in [1.807, 2.05) is 0 Å². The lowest BCUT2D eigenvalue weighted by atomic mass is 9.82. The van der Waals surface area contributed by atoms with E-state index in [0.29, 0.717) is 6.61 Å². The molecule has 1 heterocycles. The van der Waals surface area contributed by atoms with Crippen LogP contribution in [0.5, 0.6) is 0 Å². The van der Waals surface area contributed by atoms with Gasteiger partial charge in [0.1, 0.15) is 11.6 Å². The van der Waals surface area contributed by atoms with E-state index in [0.717, 1.165) is 25.3 Å². The van der Waals surface area contributed by atoms with E-state index in [2.05, 4.69) is 5.32 Å². The molecule has 1 spiro atoms. The summed E-state index contributed by atoms with van der Waals surface area (Å²) in [5, 5.41) is 2.92. The van der Waals surface area contributed by atoms with Crippen molar-refractivity contribution < 1.29 is 18.3 Å². The third-order valence-corrected chi connectivity index (χ3v) is 4.71. The molecule has 1 N–H and O–H groups in total. The summed E-state index contributed by atoms with van der Waals surface area (Å²) >= 11 is 0. The highest BCUT2D eigenvalue weighted by Crippen LogP contribution is 2.39. The van der Waals surface area contributed by atoms with Crippen molar-refractivity contribution in [2.75, 3.05) is 6.61 Å². The number of nitrogens with one attached hydrogen (secondary N) is 1. The number of halogens is 2. The average Bonchev–Trinajstić information content (AvgIpc) is 2.85. The van der Waals surface area contributed by atoms with Gasteiger partial charge >= 0.3 is 0 Å². The average molecular weight is 309 g/mol. The lowest BCUT2D eigenvalue weighted by molar-refractivity contribution is -0.121. The molecule has 1 saturated carbocycles. The fourth-order valence-corrected chi connectivity index (χ4v) is 3.60. The summed E-state index contributed by atoms with van der Waals surface area (Å²) < 4.78 is 32.4. The molecule has 120 valence electrons. The van der Waals surface area contributed by atoms with Crippen molar-refractivity contribution in [3.63, 3.8) is 0 Å². The van der Waals surface area contributed by atoms with Crippen molar-refractivity contribution in [3.05, 3.63) is 35.4 Å². The van der Waals surface area contributed by atoms with Crippen molar-refractivity contribution in [1.29, 1.82) is 0 Å². The highest BCUT2D eigenvalue weighted by molar-refractivity contribution is 5.79. The summed E-state index contributed by atoms with van der Waals surface area (Å²) in [7, 11) is 0. The zero-order valence-electron chi connectivity index (χ0n) is 12.5. The first kappa shape index (κ1) is 15.4. The van der Waals surface area contributed by atoms with Gasteiger partial charge in [-0.25, -0.2) is 8.78 Å². The Kier molecular flexibility index (Phi) is 4.43. The van der Waals surface area contributed by atoms with Crippen LogP contribution in [0.15, 0.2) is 18.2 Å². The topological polar surface area (TPSA) is 38.3 Å². The Balaban J connectivity index is 1.54. The van der Waals surface area contributed by atoms with E-state index < -0.39 is 11.6 Å². The van der Waals surface area contributed by atoms with Gasteiger partial charge in [0.25, 0.3) is 0 Å². The zero-order valence-corrected chi connectivity index (χ0v) is 12.5. The Morgan fingerprint density at radius 2 is 2.05 bits per heavy atom. The molecule has 1 atom stereocenters. The fourth-order valence-electron chi connectivity index (χ4n) is 3.60. The number of amides is 1. The molecule has 5 heteroatoms. The maximum absolute atomic E-state index is 13.6. The van der Waals surface area contributed by atoms with E-state index >= 15 is 0 Å². The van der Waals surface area contributed by atoms with Crippen molar-refractivity contribution in [1.82, 2.24) is 5.32 Å². The predicted octanol–water partition coefficient (Wildman–Crippen LogP) is 3.12. The molecule has 1 saturated heterocycles. The normalized spacial score (nSPS) is 23.6. The first-order valence-corrected chi connectivity index (χ1v) is 7.94. The lowest BCUT2D eigenvalue weighted by Crippen LogP contribution is -2.38. The van der Waals surface area contributed by atoms with Gasteiger partial charge in [-0.3, -0.25) is 4.79 Å². The molecule has 2 aliphatic rings. The minimum Gasteiger partial charge on any atom is -0.373 e. The van der Waals surface area contributed by atoms with Gasteiger partial charge in [0.05, 0.1) is 24.7 Å². The number of hydrogen-bond donors (Lipinski definition) is 1. The molecule has 2 fully saturated rings. The number of carbonyl (C=O) groups excluding carboxylic acids is 1. The van der Waals surface area contributed by atoms with Crippen LogP contribution < -0.4 is 5.32 Å². The molecule has 0 aromatic heterocycles. The third kappa shape index (κ3) is 3.46. The molecular formula is C17H21F2NO2. The van der Waals surface area contributed by atoms with Crippen LogP contribution >= 0.6 is 0 Å². The van der Waals surface area contributed by atoms with Crippen LogP contribution in [0.4, 0.5) is 8.78 Å². The van der Waals surface area contributed by atoms with Crippen LogP contribution in [-0.2, 0) is 16.0 Å². The number of ether oxygens (including phenoxy) is 1. The second-order valence-corrected chi connectivity index (χ2v) is 6.44. The standard InChI is InChI=1S/C17H21F2NO2/c18-13-5-4-12(15(19)9-13)8-16(21)20-14-10-17(22-11-14)6-2-1-3-7-17/h4-5,9,14H,1-3,6-8,10-11H2,(H,20,21). The van der Waals surface area contributed by atoms with Gasteiger partial charge in [0, 0.05) is 6.07 Å². The number of benzene rings is 1. The summed E-state index contributed by atoms with van der Waals surface area (Å²) in [4.78, 5) is 12.0. The van der Waals surface area contributed by atoms with E-state index in [1.165, 1.54) is 31.4 Å². The summed E-state index contributed by atoms with van der Waals surface area (Å²) in [6.45, 7) is 0.525. The summed E-state index contributed by atoms with van der Waals surface area (Å²) in [6.07, 6.45) is 6.51. The Labute approximate surface area is 129 Å². The molecule has 0 bridgehead atoms. The van der Waals surface area contributed by atoms with Crippen LogP contribution in [0.25, 0.3) is 0 Å². The maximum atomic E-state index is 13.6. The van der Waals surface area contributed by atoms with Gasteiger partial charge in [-0.2, -0.15) is 0 Å². The highest BCUT2D eigenvalue weighted by Gasteiger charge is 2.41. The first-order chi connectivity index (χ1) is 10.6. The van der Waals surface area contributed by atoms with Gasteiger partial charge in [0.2, 0.25) is 5.91 Å². The van der Waals surface area contributed by atoms with Crippen molar-refractivity contribution in [3.8, 4) is 0 Å². The fraction of sp³-hybridized carbons (Fsp3) is 0.588. The van der Waals surface area contributed by atoms with Crippen LogP contribution in [-0.4, -0.2) is 24.2 Å². The van der Waals surface area contributed by atoms with Gasteiger partial charge in [0.15, 0.2) is 0 Å². The maximum Gasteiger partial charge on any atom is 0.224 e. The number of rotatable bonds is 3. The van der Waals surface area contributed by atoms with Crippen molar-refractivity contribution >= 4 is 5.91 Å². The van der Waals surface area contributed by atoms with Crippen molar-refractivity contribution in [2.24, 2.45) is 0 Å². The molecule has 1 aliphatic carbocycles.